The summed E-state index contributed by atoms with van der Waals surface area (Å²) in [6.07, 6.45) is 0.878. The maximum Gasteiger partial charge on any atom is 0.250 e. The molecule has 6 N–H and O–H groups in total. The summed E-state index contributed by atoms with van der Waals surface area (Å²) >= 11 is 0. The topological polar surface area (TPSA) is 159 Å². The molecule has 0 bridgehead atoms. The van der Waals surface area contributed by atoms with Crippen molar-refractivity contribution in [3.8, 4) is 0 Å². The summed E-state index contributed by atoms with van der Waals surface area (Å²) in [5, 5.41) is 23.6. The molecule has 172 valence electrons. The van der Waals surface area contributed by atoms with Crippen LogP contribution in [0.3, 0.4) is 0 Å². The Balaban J connectivity index is -0.000000451. The van der Waals surface area contributed by atoms with E-state index in [-0.39, 0.29) is 43.0 Å². The van der Waals surface area contributed by atoms with Crippen molar-refractivity contribution in [1.29, 1.82) is 0 Å². The normalized spacial score (nSPS) is 14.1. The van der Waals surface area contributed by atoms with Crippen LogP contribution in [0.1, 0.15) is 60.3 Å². The van der Waals surface area contributed by atoms with Gasteiger partial charge in [0, 0.05) is 6.04 Å². The van der Waals surface area contributed by atoms with Crippen LogP contribution in [0.2, 0.25) is 0 Å². The number of carbonyl (C=O) groups excluding carboxylic acids is 4. The van der Waals surface area contributed by atoms with Gasteiger partial charge in [0.15, 0.2) is 0 Å². The first-order valence-electron chi connectivity index (χ1n) is 9.63. The summed E-state index contributed by atoms with van der Waals surface area (Å²) in [7, 11) is 0. The van der Waals surface area contributed by atoms with E-state index in [4.69, 9.17) is 5.73 Å². The number of hydrogen-bond donors (Lipinski definition) is 5. The molecule has 0 aliphatic rings. The number of ketones is 2. The fourth-order valence-electron chi connectivity index (χ4n) is 2.19. The molecule has 0 heterocycles. The maximum atomic E-state index is 11.3. The van der Waals surface area contributed by atoms with Gasteiger partial charge < -0.3 is 26.6 Å². The summed E-state index contributed by atoms with van der Waals surface area (Å²) < 4.78 is 0. The number of rotatable bonds is 12. The van der Waals surface area contributed by atoms with Gasteiger partial charge in [0.25, 0.3) is 5.91 Å². The molecule has 0 spiro atoms. The number of amides is 2. The van der Waals surface area contributed by atoms with Gasteiger partial charge in [-0.25, -0.2) is 0 Å². The van der Waals surface area contributed by atoms with E-state index >= 15 is 0 Å². The minimum atomic E-state index is -1.23. The molecule has 9 nitrogen and oxygen atoms in total. The third-order valence-electron chi connectivity index (χ3n) is 3.87. The third kappa shape index (κ3) is 17.1. The number of nitrogens with one attached hydrogen (secondary N) is 2. The molecular formula is C19H38ClN3O6. The Kier molecular flexibility index (Phi) is 20.5. The standard InChI is InChI=1S/C10H19NO3.C9H18N2O3.ClH/c1-4-5-7(2)9(13)10(14)11-6-8(3)12;1-3-4-7(10)8(13)9(14)11-5-6(2)12;/h7,9,13H,4-6H2,1-3H3,(H,11,14);7-8,13H,3-5,10H2,1-2H3,(H,11,14);1H. The number of halogens is 1. The van der Waals surface area contributed by atoms with Crippen molar-refractivity contribution in [1.82, 2.24) is 10.6 Å². The summed E-state index contributed by atoms with van der Waals surface area (Å²) in [6.45, 7) is 8.42. The highest BCUT2D eigenvalue weighted by molar-refractivity contribution is 5.87. The van der Waals surface area contributed by atoms with Gasteiger partial charge in [-0.15, -0.1) is 12.4 Å². The predicted molar refractivity (Wildman–Crippen MR) is 114 cm³/mol. The van der Waals surface area contributed by atoms with Crippen LogP contribution >= 0.6 is 12.4 Å². The van der Waals surface area contributed by atoms with Gasteiger partial charge in [-0.3, -0.25) is 19.2 Å². The molecule has 0 aromatic heterocycles. The maximum absolute atomic E-state index is 11.3. The molecule has 4 unspecified atom stereocenters. The Morgan fingerprint density at radius 1 is 0.828 bits per heavy atom. The zero-order valence-electron chi connectivity index (χ0n) is 18.1. The fourth-order valence-corrected chi connectivity index (χ4v) is 2.19. The second kappa shape index (κ2) is 18.5. The number of aliphatic hydroxyl groups is 2. The van der Waals surface area contributed by atoms with Crippen molar-refractivity contribution in [2.45, 2.75) is 78.6 Å². The van der Waals surface area contributed by atoms with E-state index in [0.717, 1.165) is 19.3 Å². The largest absolute Gasteiger partial charge is 0.383 e. The van der Waals surface area contributed by atoms with E-state index < -0.39 is 30.1 Å². The third-order valence-corrected chi connectivity index (χ3v) is 3.87. The Bertz CT molecular complexity index is 460. The Hall–Kier alpha value is -1.55. The van der Waals surface area contributed by atoms with E-state index in [1.54, 1.807) is 0 Å². The molecule has 2 amide bonds. The number of Topliss-reactive ketones (excluding diaryl/α,β-unsaturated/α-hetero) is 2. The van der Waals surface area contributed by atoms with Crippen molar-refractivity contribution < 1.29 is 29.4 Å². The molecule has 0 saturated carbocycles. The molecule has 0 fully saturated rings. The molecule has 0 rings (SSSR count). The monoisotopic (exact) mass is 439 g/mol. The lowest BCUT2D eigenvalue weighted by molar-refractivity contribution is -0.133. The molecule has 0 aliphatic carbocycles. The van der Waals surface area contributed by atoms with E-state index in [0.29, 0.717) is 6.42 Å². The summed E-state index contributed by atoms with van der Waals surface area (Å²) in [6, 6.07) is -0.563. The van der Waals surface area contributed by atoms with Gasteiger partial charge in [-0.1, -0.05) is 33.6 Å². The molecule has 0 radical (unpaired) electrons. The van der Waals surface area contributed by atoms with Crippen LogP contribution in [0, 0.1) is 5.92 Å². The SMILES string of the molecule is CCCC(C)C(O)C(=O)NCC(C)=O.CCCC(N)C(O)C(=O)NCC(C)=O.Cl. The average molecular weight is 440 g/mol. The van der Waals surface area contributed by atoms with Crippen molar-refractivity contribution >= 4 is 35.8 Å². The Labute approximate surface area is 179 Å². The highest BCUT2D eigenvalue weighted by atomic mass is 35.5. The molecule has 0 aliphatic heterocycles. The zero-order chi connectivity index (χ0) is 22.3. The van der Waals surface area contributed by atoms with Crippen LogP contribution in [0.5, 0.6) is 0 Å². The van der Waals surface area contributed by atoms with Crippen molar-refractivity contribution in [3.63, 3.8) is 0 Å². The Morgan fingerprint density at radius 2 is 1.21 bits per heavy atom. The first-order valence-corrected chi connectivity index (χ1v) is 9.63. The van der Waals surface area contributed by atoms with E-state index in [1.807, 2.05) is 20.8 Å². The van der Waals surface area contributed by atoms with Crippen molar-refractivity contribution in [2.75, 3.05) is 13.1 Å². The number of carbonyl (C=O) groups is 4. The minimum absolute atomic E-state index is 0. The predicted octanol–water partition coefficient (Wildman–Crippen LogP) is 0.0904. The van der Waals surface area contributed by atoms with Crippen molar-refractivity contribution in [2.24, 2.45) is 11.7 Å². The lowest BCUT2D eigenvalue weighted by atomic mass is 9.99. The van der Waals surface area contributed by atoms with Gasteiger partial charge in [-0.05, 0) is 32.6 Å². The van der Waals surface area contributed by atoms with Crippen LogP contribution < -0.4 is 16.4 Å². The molecular weight excluding hydrogens is 402 g/mol. The minimum Gasteiger partial charge on any atom is -0.383 e. The van der Waals surface area contributed by atoms with Gasteiger partial charge in [0.2, 0.25) is 5.91 Å². The van der Waals surface area contributed by atoms with Crippen LogP contribution in [-0.4, -0.2) is 64.9 Å². The number of hydrogen-bond acceptors (Lipinski definition) is 7. The highest BCUT2D eigenvalue weighted by Crippen LogP contribution is 2.10. The number of aliphatic hydroxyl groups excluding tert-OH is 2. The van der Waals surface area contributed by atoms with E-state index in [2.05, 4.69) is 10.6 Å². The summed E-state index contributed by atoms with van der Waals surface area (Å²) in [4.78, 5) is 43.5. The van der Waals surface area contributed by atoms with E-state index in [9.17, 15) is 29.4 Å². The van der Waals surface area contributed by atoms with Gasteiger partial charge >= 0.3 is 0 Å². The molecule has 0 aromatic rings. The number of nitrogens with two attached hydrogens (primary N) is 1. The average Bonchev–Trinajstić information content (AvgIpc) is 2.63. The van der Waals surface area contributed by atoms with Crippen LogP contribution in [-0.2, 0) is 19.2 Å². The second-order valence-electron chi connectivity index (χ2n) is 6.95. The van der Waals surface area contributed by atoms with Crippen LogP contribution in [0.25, 0.3) is 0 Å². The fraction of sp³-hybridized carbons (Fsp3) is 0.789. The first-order chi connectivity index (χ1) is 13.0. The van der Waals surface area contributed by atoms with Gasteiger partial charge in [-0.2, -0.15) is 0 Å². The van der Waals surface area contributed by atoms with Gasteiger partial charge in [0.05, 0.1) is 13.1 Å². The highest BCUT2D eigenvalue weighted by Gasteiger charge is 2.22. The summed E-state index contributed by atoms with van der Waals surface area (Å²) in [5.74, 6) is -1.38. The Morgan fingerprint density at radius 3 is 1.55 bits per heavy atom. The quantitative estimate of drug-likeness (QED) is 0.288. The molecule has 10 heteroatoms. The van der Waals surface area contributed by atoms with Crippen molar-refractivity contribution in [3.05, 3.63) is 0 Å². The molecule has 0 saturated heterocycles. The second-order valence-corrected chi connectivity index (χ2v) is 6.95. The summed E-state index contributed by atoms with van der Waals surface area (Å²) in [5.41, 5.74) is 5.54. The van der Waals surface area contributed by atoms with Crippen LogP contribution in [0.4, 0.5) is 0 Å². The van der Waals surface area contributed by atoms with Crippen LogP contribution in [0.15, 0.2) is 0 Å². The lowest BCUT2D eigenvalue weighted by Crippen LogP contribution is -2.47. The lowest BCUT2D eigenvalue weighted by Gasteiger charge is -2.17. The molecule has 29 heavy (non-hydrogen) atoms. The van der Waals surface area contributed by atoms with Gasteiger partial charge in [0.1, 0.15) is 23.8 Å². The zero-order valence-corrected chi connectivity index (χ0v) is 18.9. The van der Waals surface area contributed by atoms with E-state index in [1.165, 1.54) is 13.8 Å². The smallest absolute Gasteiger partial charge is 0.250 e. The molecule has 0 aromatic carbocycles. The molecule has 4 atom stereocenters. The first kappa shape index (κ1) is 32.1.